The van der Waals surface area contributed by atoms with Crippen LogP contribution >= 0.6 is 0 Å². The first-order chi connectivity index (χ1) is 20.2. The molecule has 2 aliphatic rings. The van der Waals surface area contributed by atoms with Gasteiger partial charge >= 0.3 is 0 Å². The number of aromatic hydroxyl groups is 2. The molecule has 1 aliphatic carbocycles. The van der Waals surface area contributed by atoms with Crippen LogP contribution in [0.4, 0.5) is 4.39 Å². The minimum Gasteiger partial charge on any atom is -0.507 e. The van der Waals surface area contributed by atoms with Gasteiger partial charge in [0.05, 0.1) is 6.04 Å². The number of likely N-dealkylation sites (tertiary alicyclic amines) is 1. The van der Waals surface area contributed by atoms with E-state index in [0.717, 1.165) is 36.1 Å². The summed E-state index contributed by atoms with van der Waals surface area (Å²) >= 11 is 0. The fourth-order valence-corrected chi connectivity index (χ4v) is 5.57. The molecule has 2 amide bonds. The number of carbonyl (C=O) groups is 2. The number of nitrogens with one attached hydrogen (secondary N) is 1. The number of amides is 2. The number of ether oxygens (including phenoxy) is 1. The van der Waals surface area contributed by atoms with Gasteiger partial charge in [-0.05, 0) is 93.1 Å². The largest absolute Gasteiger partial charge is 0.507 e. The molecule has 2 fully saturated rings. The minimum atomic E-state index is -0.519. The third-order valence-corrected chi connectivity index (χ3v) is 8.39. The monoisotopic (exact) mass is 572 g/mol. The Bertz CT molecular complexity index is 1470. The van der Waals surface area contributed by atoms with Gasteiger partial charge < -0.3 is 25.2 Å². The van der Waals surface area contributed by atoms with Gasteiger partial charge in [-0.1, -0.05) is 29.3 Å². The molecule has 1 saturated heterocycles. The number of aryl methyl sites for hydroxylation is 1. The SMILES string of the molecule is CC(=C1CCC1)C(Cc1ccc(OC2CCN(C(=O)c3ccc(F)c(C)c3)CC2)cc1)NC(=O)c1c(O)cccc1O. The molecule has 0 aromatic heterocycles. The Morgan fingerprint density at radius 2 is 1.69 bits per heavy atom. The normalized spacial score (nSPS) is 16.0. The minimum absolute atomic E-state index is 0.0151. The fourth-order valence-electron chi connectivity index (χ4n) is 5.57. The number of phenols is 2. The lowest BCUT2D eigenvalue weighted by Gasteiger charge is -2.32. The molecule has 0 bridgehead atoms. The Labute approximate surface area is 245 Å². The van der Waals surface area contributed by atoms with Crippen LogP contribution in [-0.4, -0.2) is 52.2 Å². The highest BCUT2D eigenvalue weighted by molar-refractivity contribution is 5.99. The first kappa shape index (κ1) is 29.2. The average molecular weight is 573 g/mol. The molecular formula is C34H37FN2O5. The third-order valence-electron chi connectivity index (χ3n) is 8.39. The van der Waals surface area contributed by atoms with Crippen LogP contribution in [-0.2, 0) is 6.42 Å². The van der Waals surface area contributed by atoms with Crippen LogP contribution in [0.5, 0.6) is 17.2 Å². The Hall–Kier alpha value is -4.33. The molecule has 1 saturated carbocycles. The maximum Gasteiger partial charge on any atom is 0.259 e. The Balaban J connectivity index is 1.19. The zero-order chi connectivity index (χ0) is 29.8. The molecule has 1 unspecified atom stereocenters. The number of halogens is 1. The lowest BCUT2D eigenvalue weighted by molar-refractivity contribution is 0.0595. The van der Waals surface area contributed by atoms with E-state index in [9.17, 15) is 24.2 Å². The van der Waals surface area contributed by atoms with Crippen LogP contribution in [0.3, 0.4) is 0 Å². The van der Waals surface area contributed by atoms with E-state index < -0.39 is 5.91 Å². The molecule has 7 nitrogen and oxygen atoms in total. The van der Waals surface area contributed by atoms with Crippen LogP contribution in [0.15, 0.2) is 71.8 Å². The number of rotatable bonds is 8. The summed E-state index contributed by atoms with van der Waals surface area (Å²) in [6.45, 7) is 4.83. The van der Waals surface area contributed by atoms with Crippen molar-refractivity contribution in [2.75, 3.05) is 13.1 Å². The summed E-state index contributed by atoms with van der Waals surface area (Å²) in [7, 11) is 0. The molecule has 8 heteroatoms. The van der Waals surface area contributed by atoms with E-state index in [4.69, 9.17) is 4.74 Å². The van der Waals surface area contributed by atoms with Crippen LogP contribution in [0.1, 0.15) is 70.9 Å². The van der Waals surface area contributed by atoms with Gasteiger partial charge in [-0.25, -0.2) is 4.39 Å². The van der Waals surface area contributed by atoms with Crippen LogP contribution in [0.25, 0.3) is 0 Å². The number of nitrogens with zero attached hydrogens (tertiary/aromatic N) is 1. The molecule has 1 aliphatic heterocycles. The number of hydrogen-bond donors (Lipinski definition) is 3. The van der Waals surface area contributed by atoms with Crippen molar-refractivity contribution in [2.45, 2.75) is 64.5 Å². The topological polar surface area (TPSA) is 99.1 Å². The smallest absolute Gasteiger partial charge is 0.259 e. The summed E-state index contributed by atoms with van der Waals surface area (Å²) in [4.78, 5) is 27.7. The van der Waals surface area contributed by atoms with E-state index in [1.54, 1.807) is 17.9 Å². The highest BCUT2D eigenvalue weighted by atomic mass is 19.1. The van der Waals surface area contributed by atoms with E-state index in [-0.39, 0.29) is 40.9 Å². The molecule has 1 heterocycles. The number of benzene rings is 3. The van der Waals surface area contributed by atoms with Gasteiger partial charge in [0.25, 0.3) is 11.8 Å². The fraction of sp³-hybridized carbons (Fsp3) is 0.353. The second-order valence-corrected chi connectivity index (χ2v) is 11.3. The van der Waals surface area contributed by atoms with Crippen LogP contribution < -0.4 is 10.1 Å². The van der Waals surface area contributed by atoms with Gasteiger partial charge in [0.2, 0.25) is 0 Å². The predicted molar refractivity (Wildman–Crippen MR) is 158 cm³/mol. The van der Waals surface area contributed by atoms with Crippen molar-refractivity contribution in [1.29, 1.82) is 0 Å². The van der Waals surface area contributed by atoms with E-state index >= 15 is 0 Å². The van der Waals surface area contributed by atoms with Gasteiger partial charge in [0.1, 0.15) is 34.7 Å². The summed E-state index contributed by atoms with van der Waals surface area (Å²) in [6, 6.07) is 16.3. The molecular weight excluding hydrogens is 535 g/mol. The molecule has 0 radical (unpaired) electrons. The van der Waals surface area contributed by atoms with E-state index in [1.165, 1.54) is 35.9 Å². The van der Waals surface area contributed by atoms with Gasteiger partial charge in [-0.3, -0.25) is 9.59 Å². The summed E-state index contributed by atoms with van der Waals surface area (Å²) in [5.41, 5.74) is 4.30. The second-order valence-electron chi connectivity index (χ2n) is 11.3. The molecule has 3 aromatic rings. The quantitative estimate of drug-likeness (QED) is 0.285. The standard InChI is InChI=1S/C34H37FN2O5/c1-21-19-25(11-14-28(21)35)34(41)37-17-15-27(16-18-37)42-26-12-9-23(10-13-26)20-29(22(2)24-5-3-6-24)36-33(40)32-30(38)7-4-8-31(32)39/h4,7-14,19,27,29,38-39H,3,5-6,15-18,20H2,1-2H3,(H,36,40). The Morgan fingerprint density at radius 1 is 1.02 bits per heavy atom. The summed E-state index contributed by atoms with van der Waals surface area (Å²) in [5, 5.41) is 23.4. The molecule has 42 heavy (non-hydrogen) atoms. The molecule has 3 N–H and O–H groups in total. The third kappa shape index (κ3) is 6.59. The number of piperidine rings is 1. The van der Waals surface area contributed by atoms with Gasteiger partial charge in [0, 0.05) is 31.5 Å². The van der Waals surface area contributed by atoms with Crippen LogP contribution in [0.2, 0.25) is 0 Å². The first-order valence-electron chi connectivity index (χ1n) is 14.5. The number of allylic oxidation sites excluding steroid dienone is 1. The maximum absolute atomic E-state index is 13.6. The molecule has 5 rings (SSSR count). The maximum atomic E-state index is 13.6. The predicted octanol–water partition coefficient (Wildman–Crippen LogP) is 6.07. The highest BCUT2D eigenvalue weighted by Crippen LogP contribution is 2.32. The van der Waals surface area contributed by atoms with Crippen molar-refractivity contribution < 1.29 is 28.9 Å². The Morgan fingerprint density at radius 3 is 2.29 bits per heavy atom. The van der Waals surface area contributed by atoms with Crippen molar-refractivity contribution in [1.82, 2.24) is 10.2 Å². The van der Waals surface area contributed by atoms with Crippen molar-refractivity contribution in [3.63, 3.8) is 0 Å². The lowest BCUT2D eigenvalue weighted by Crippen LogP contribution is -2.41. The van der Waals surface area contributed by atoms with Crippen LogP contribution in [0, 0.1) is 12.7 Å². The average Bonchev–Trinajstić information content (AvgIpc) is 2.94. The van der Waals surface area contributed by atoms with Crippen molar-refractivity contribution in [3.05, 3.63) is 99.9 Å². The van der Waals surface area contributed by atoms with E-state index in [2.05, 4.69) is 5.32 Å². The van der Waals surface area contributed by atoms with Gasteiger partial charge in [-0.15, -0.1) is 0 Å². The van der Waals surface area contributed by atoms with E-state index in [0.29, 0.717) is 43.5 Å². The summed E-state index contributed by atoms with van der Waals surface area (Å²) < 4.78 is 19.8. The zero-order valence-electron chi connectivity index (χ0n) is 24.0. The second kappa shape index (κ2) is 12.7. The summed E-state index contributed by atoms with van der Waals surface area (Å²) in [6.07, 6.45) is 5.11. The molecule has 1 atom stereocenters. The molecule has 3 aromatic carbocycles. The number of hydrogen-bond acceptors (Lipinski definition) is 5. The van der Waals surface area contributed by atoms with Crippen molar-refractivity contribution >= 4 is 11.8 Å². The van der Waals surface area contributed by atoms with Gasteiger partial charge in [0.15, 0.2) is 0 Å². The van der Waals surface area contributed by atoms with E-state index in [1.807, 2.05) is 31.2 Å². The summed E-state index contributed by atoms with van der Waals surface area (Å²) in [5.74, 6) is -0.707. The van der Waals surface area contributed by atoms with Crippen molar-refractivity contribution in [3.8, 4) is 17.2 Å². The van der Waals surface area contributed by atoms with Crippen molar-refractivity contribution in [2.24, 2.45) is 0 Å². The number of phenolic OH excluding ortho intramolecular Hbond substituents is 2. The number of carbonyl (C=O) groups excluding carboxylic acids is 2. The zero-order valence-corrected chi connectivity index (χ0v) is 24.0. The first-order valence-corrected chi connectivity index (χ1v) is 14.5. The molecule has 0 spiro atoms. The highest BCUT2D eigenvalue weighted by Gasteiger charge is 2.26. The Kier molecular flexibility index (Phi) is 8.80. The molecule has 220 valence electrons. The van der Waals surface area contributed by atoms with Gasteiger partial charge in [-0.2, -0.15) is 0 Å². The lowest BCUT2D eigenvalue weighted by atomic mass is 9.84.